The van der Waals surface area contributed by atoms with Crippen molar-refractivity contribution in [2.45, 2.75) is 70.1 Å². The highest BCUT2D eigenvalue weighted by Gasteiger charge is 2.39. The fourth-order valence-corrected chi connectivity index (χ4v) is 2.52. The molecule has 2 aliphatic carbocycles. The molecule has 0 spiro atoms. The van der Waals surface area contributed by atoms with Gasteiger partial charge in [0.2, 0.25) is 0 Å². The predicted molar refractivity (Wildman–Crippen MR) is 69.6 cm³/mol. The maximum Gasteiger partial charge on any atom is 0.326 e. The van der Waals surface area contributed by atoms with Crippen molar-refractivity contribution in [2.75, 3.05) is 6.61 Å². The molecule has 104 valence electrons. The van der Waals surface area contributed by atoms with Gasteiger partial charge in [0.25, 0.3) is 0 Å². The van der Waals surface area contributed by atoms with Crippen LogP contribution in [0.4, 0.5) is 0 Å². The molecule has 0 aromatic rings. The minimum absolute atomic E-state index is 0.251. The van der Waals surface area contributed by atoms with Gasteiger partial charge in [0.15, 0.2) is 0 Å². The lowest BCUT2D eigenvalue weighted by Gasteiger charge is -2.31. The first-order valence-electron chi connectivity index (χ1n) is 7.12. The van der Waals surface area contributed by atoms with Crippen molar-refractivity contribution >= 4 is 5.97 Å². The van der Waals surface area contributed by atoms with Crippen molar-refractivity contribution in [2.24, 2.45) is 5.92 Å². The van der Waals surface area contributed by atoms with Crippen molar-refractivity contribution in [1.82, 2.24) is 5.32 Å². The van der Waals surface area contributed by atoms with Crippen LogP contribution < -0.4 is 5.32 Å². The second-order valence-electron chi connectivity index (χ2n) is 6.25. The number of ether oxygens (including phenoxy) is 1. The molecule has 0 radical (unpaired) electrons. The van der Waals surface area contributed by atoms with Gasteiger partial charge in [-0.15, -0.1) is 0 Å². The Morgan fingerprint density at radius 3 is 2.39 bits per heavy atom. The average Bonchev–Trinajstić information content (AvgIpc) is 3.12. The molecule has 0 aromatic heterocycles. The van der Waals surface area contributed by atoms with Crippen LogP contribution in [0.3, 0.4) is 0 Å². The maximum atomic E-state index is 11.4. The smallest absolute Gasteiger partial charge is 0.326 e. The molecule has 0 amide bonds. The molecule has 0 bridgehead atoms. The van der Waals surface area contributed by atoms with E-state index in [1.165, 1.54) is 12.8 Å². The van der Waals surface area contributed by atoms with E-state index in [0.29, 0.717) is 6.04 Å². The summed E-state index contributed by atoms with van der Waals surface area (Å²) in [5.74, 6) is -0.0149. The number of carboxylic acids is 1. The van der Waals surface area contributed by atoms with Crippen molar-refractivity contribution in [3.05, 3.63) is 0 Å². The third-order valence-electron chi connectivity index (χ3n) is 4.14. The Kier molecular flexibility index (Phi) is 4.28. The van der Waals surface area contributed by atoms with Crippen LogP contribution in [0.5, 0.6) is 0 Å². The Hall–Kier alpha value is -0.610. The molecule has 2 aliphatic rings. The summed E-state index contributed by atoms with van der Waals surface area (Å²) in [5, 5.41) is 12.5. The highest BCUT2D eigenvalue weighted by atomic mass is 16.5. The lowest BCUT2D eigenvalue weighted by Crippen LogP contribution is -2.54. The zero-order valence-corrected chi connectivity index (χ0v) is 11.4. The molecular weight excluding hydrogens is 230 g/mol. The van der Waals surface area contributed by atoms with E-state index >= 15 is 0 Å². The second-order valence-corrected chi connectivity index (χ2v) is 6.25. The molecule has 0 heterocycles. The van der Waals surface area contributed by atoms with Crippen LogP contribution in [0.15, 0.2) is 0 Å². The summed E-state index contributed by atoms with van der Waals surface area (Å²) in [4.78, 5) is 11.4. The molecule has 0 aliphatic heterocycles. The van der Waals surface area contributed by atoms with Gasteiger partial charge in [-0.2, -0.15) is 0 Å². The number of nitrogens with one attached hydrogen (secondary N) is 1. The Morgan fingerprint density at radius 2 is 1.89 bits per heavy atom. The average molecular weight is 255 g/mol. The first-order chi connectivity index (χ1) is 8.49. The summed E-state index contributed by atoms with van der Waals surface area (Å²) in [7, 11) is 0. The lowest BCUT2D eigenvalue weighted by atomic mass is 9.89. The van der Waals surface area contributed by atoms with Crippen LogP contribution in [-0.2, 0) is 9.53 Å². The normalized spacial score (nSPS) is 31.9. The van der Waals surface area contributed by atoms with Gasteiger partial charge < -0.3 is 9.84 Å². The molecule has 1 unspecified atom stereocenters. The summed E-state index contributed by atoms with van der Waals surface area (Å²) >= 11 is 0. The van der Waals surface area contributed by atoms with Crippen molar-refractivity contribution < 1.29 is 14.6 Å². The van der Waals surface area contributed by atoms with Gasteiger partial charge in [0, 0.05) is 6.04 Å². The van der Waals surface area contributed by atoms with Crippen LogP contribution in [-0.4, -0.2) is 35.4 Å². The molecule has 2 N–H and O–H groups in total. The minimum Gasteiger partial charge on any atom is -0.480 e. The summed E-state index contributed by atoms with van der Waals surface area (Å²) < 4.78 is 5.84. The number of aliphatic carboxylic acids is 1. The van der Waals surface area contributed by atoms with Gasteiger partial charge in [-0.25, -0.2) is 0 Å². The number of carboxylic acid groups (broad SMARTS) is 1. The zero-order valence-electron chi connectivity index (χ0n) is 11.4. The van der Waals surface area contributed by atoms with E-state index in [1.807, 2.05) is 0 Å². The van der Waals surface area contributed by atoms with Crippen molar-refractivity contribution in [1.29, 1.82) is 0 Å². The SMILES string of the molecule is CC1CCC(OCC(C)(NC2CC2)C(=O)O)CC1. The molecule has 2 saturated carbocycles. The largest absolute Gasteiger partial charge is 0.480 e. The van der Waals surface area contributed by atoms with Gasteiger partial charge >= 0.3 is 5.97 Å². The molecule has 1 atom stereocenters. The fraction of sp³-hybridized carbons (Fsp3) is 0.929. The van der Waals surface area contributed by atoms with Crippen LogP contribution in [0, 0.1) is 5.92 Å². The Labute approximate surface area is 109 Å². The molecule has 0 aromatic carbocycles. The van der Waals surface area contributed by atoms with Crippen molar-refractivity contribution in [3.63, 3.8) is 0 Å². The van der Waals surface area contributed by atoms with E-state index in [4.69, 9.17) is 4.74 Å². The third kappa shape index (κ3) is 3.69. The van der Waals surface area contributed by atoms with Crippen molar-refractivity contribution in [3.8, 4) is 0 Å². The quantitative estimate of drug-likeness (QED) is 0.763. The van der Waals surface area contributed by atoms with E-state index in [2.05, 4.69) is 12.2 Å². The van der Waals surface area contributed by atoms with Crippen LogP contribution in [0.25, 0.3) is 0 Å². The topological polar surface area (TPSA) is 58.6 Å². The van der Waals surface area contributed by atoms with E-state index < -0.39 is 11.5 Å². The number of rotatable bonds is 6. The van der Waals surface area contributed by atoms with E-state index in [-0.39, 0.29) is 12.7 Å². The Balaban J connectivity index is 1.79. The molecule has 2 fully saturated rings. The first-order valence-corrected chi connectivity index (χ1v) is 7.12. The van der Waals surface area contributed by atoms with Gasteiger partial charge in [-0.05, 0) is 51.4 Å². The monoisotopic (exact) mass is 255 g/mol. The summed E-state index contributed by atoms with van der Waals surface area (Å²) in [6.07, 6.45) is 6.96. The summed E-state index contributed by atoms with van der Waals surface area (Å²) in [6, 6.07) is 0.376. The molecular formula is C14H25NO3. The molecule has 0 saturated heterocycles. The van der Waals surface area contributed by atoms with Crippen LogP contribution >= 0.6 is 0 Å². The van der Waals surface area contributed by atoms with Gasteiger partial charge in [0.1, 0.15) is 5.54 Å². The Bertz CT molecular complexity index is 295. The standard InChI is InChI=1S/C14H25NO3/c1-10-3-7-12(8-4-10)18-9-14(2,13(16)17)15-11-5-6-11/h10-12,15H,3-9H2,1-2H3,(H,16,17). The fourth-order valence-electron chi connectivity index (χ4n) is 2.52. The van der Waals surface area contributed by atoms with Crippen LogP contribution in [0.1, 0.15) is 52.4 Å². The molecule has 18 heavy (non-hydrogen) atoms. The van der Waals surface area contributed by atoms with Gasteiger partial charge in [-0.1, -0.05) is 6.92 Å². The highest BCUT2D eigenvalue weighted by molar-refractivity contribution is 5.78. The minimum atomic E-state index is -0.926. The lowest BCUT2D eigenvalue weighted by molar-refractivity contribution is -0.148. The summed E-state index contributed by atoms with van der Waals surface area (Å²) in [6.45, 7) is 4.28. The Morgan fingerprint density at radius 1 is 1.28 bits per heavy atom. The van der Waals surface area contributed by atoms with Gasteiger partial charge in [-0.3, -0.25) is 10.1 Å². The highest BCUT2D eigenvalue weighted by Crippen LogP contribution is 2.27. The van der Waals surface area contributed by atoms with E-state index in [9.17, 15) is 9.90 Å². The molecule has 4 heteroatoms. The van der Waals surface area contributed by atoms with Crippen LogP contribution in [0.2, 0.25) is 0 Å². The molecule has 4 nitrogen and oxygen atoms in total. The summed E-state index contributed by atoms with van der Waals surface area (Å²) in [5.41, 5.74) is -0.926. The predicted octanol–water partition coefficient (Wildman–Crippen LogP) is 2.18. The van der Waals surface area contributed by atoms with E-state index in [0.717, 1.165) is 31.6 Å². The number of hydrogen-bond acceptors (Lipinski definition) is 3. The number of hydrogen-bond donors (Lipinski definition) is 2. The maximum absolute atomic E-state index is 11.4. The third-order valence-corrected chi connectivity index (χ3v) is 4.14. The number of carbonyl (C=O) groups is 1. The zero-order chi connectivity index (χ0) is 13.2. The molecule has 2 rings (SSSR count). The first kappa shape index (κ1) is 13.8. The van der Waals surface area contributed by atoms with Gasteiger partial charge in [0.05, 0.1) is 12.7 Å². The van der Waals surface area contributed by atoms with E-state index in [1.54, 1.807) is 6.92 Å². The second kappa shape index (κ2) is 5.57.